The van der Waals surface area contributed by atoms with Crippen molar-refractivity contribution in [2.24, 2.45) is 0 Å². The highest BCUT2D eigenvalue weighted by Crippen LogP contribution is 2.17. The Bertz CT molecular complexity index is 997. The Morgan fingerprint density at radius 2 is 2.00 bits per heavy atom. The molecule has 3 aromatic rings. The van der Waals surface area contributed by atoms with Gasteiger partial charge in [0.15, 0.2) is 0 Å². The Morgan fingerprint density at radius 1 is 1.21 bits per heavy atom. The molecule has 2 N–H and O–H groups in total. The highest BCUT2D eigenvalue weighted by molar-refractivity contribution is 5.92. The number of H-pyrrole nitrogens is 1. The molecular weight excluding hydrogens is 312 g/mol. The van der Waals surface area contributed by atoms with Crippen molar-refractivity contribution in [2.45, 2.75) is 6.42 Å². The molecule has 0 saturated carbocycles. The maximum atomic E-state index is 12.1. The van der Waals surface area contributed by atoms with E-state index in [-0.39, 0.29) is 23.5 Å². The molecule has 0 saturated heterocycles. The second-order valence-electron chi connectivity index (χ2n) is 5.06. The van der Waals surface area contributed by atoms with Crippen LogP contribution in [0.25, 0.3) is 11.0 Å². The maximum absolute atomic E-state index is 12.1. The second kappa shape index (κ2) is 6.29. The first-order valence-electron chi connectivity index (χ1n) is 7.05. The van der Waals surface area contributed by atoms with Crippen LogP contribution in [0.4, 0.5) is 11.4 Å². The molecule has 8 nitrogen and oxygen atoms in total. The molecular formula is C16H12N4O4. The van der Waals surface area contributed by atoms with Crippen molar-refractivity contribution < 1.29 is 9.72 Å². The van der Waals surface area contributed by atoms with Crippen LogP contribution in [0.15, 0.2) is 53.3 Å². The summed E-state index contributed by atoms with van der Waals surface area (Å²) in [6.07, 6.45) is -0.233. The summed E-state index contributed by atoms with van der Waals surface area (Å²) in [6, 6.07) is 12.6. The van der Waals surface area contributed by atoms with Crippen molar-refractivity contribution >= 4 is 28.3 Å². The molecule has 1 amide bonds. The molecule has 120 valence electrons. The molecule has 3 rings (SSSR count). The SMILES string of the molecule is O=C(Cc1nc2ccccc2[nH]c1=O)Nc1cccc([N+](=O)[O-])c1. The van der Waals surface area contributed by atoms with Gasteiger partial charge in [0.2, 0.25) is 5.91 Å². The van der Waals surface area contributed by atoms with Crippen LogP contribution < -0.4 is 10.9 Å². The molecule has 0 bridgehead atoms. The van der Waals surface area contributed by atoms with Crippen LogP contribution in [-0.2, 0) is 11.2 Å². The van der Waals surface area contributed by atoms with E-state index in [9.17, 15) is 19.7 Å². The van der Waals surface area contributed by atoms with Gasteiger partial charge in [-0.2, -0.15) is 0 Å². The third kappa shape index (κ3) is 3.27. The fourth-order valence-electron chi connectivity index (χ4n) is 2.24. The number of non-ortho nitro benzene ring substituents is 1. The predicted molar refractivity (Wildman–Crippen MR) is 87.8 cm³/mol. The molecule has 1 aromatic heterocycles. The number of nitro groups is 1. The largest absolute Gasteiger partial charge is 0.325 e. The number of hydrogen-bond acceptors (Lipinski definition) is 5. The van der Waals surface area contributed by atoms with Crippen molar-refractivity contribution in [3.05, 3.63) is 74.7 Å². The summed E-state index contributed by atoms with van der Waals surface area (Å²) in [5.74, 6) is -0.483. The summed E-state index contributed by atoms with van der Waals surface area (Å²) in [7, 11) is 0. The van der Waals surface area contributed by atoms with Gasteiger partial charge in [-0.15, -0.1) is 0 Å². The number of aromatic nitrogens is 2. The normalized spacial score (nSPS) is 10.5. The van der Waals surface area contributed by atoms with Gasteiger partial charge in [0.25, 0.3) is 11.2 Å². The van der Waals surface area contributed by atoms with Crippen molar-refractivity contribution in [1.29, 1.82) is 0 Å². The lowest BCUT2D eigenvalue weighted by atomic mass is 10.2. The molecule has 0 spiro atoms. The molecule has 0 fully saturated rings. The average molecular weight is 324 g/mol. The number of para-hydroxylation sites is 2. The lowest BCUT2D eigenvalue weighted by molar-refractivity contribution is -0.384. The van der Waals surface area contributed by atoms with Gasteiger partial charge in [-0.3, -0.25) is 19.7 Å². The van der Waals surface area contributed by atoms with E-state index in [0.717, 1.165) is 0 Å². The summed E-state index contributed by atoms with van der Waals surface area (Å²) >= 11 is 0. The standard InChI is InChI=1S/C16H12N4O4/c21-15(17-10-4-3-5-11(8-10)20(23)24)9-14-16(22)19-13-7-2-1-6-12(13)18-14/h1-8H,9H2,(H,17,21)(H,19,22). The molecule has 0 aliphatic rings. The number of anilines is 1. The Hall–Kier alpha value is -3.55. The molecule has 2 aromatic carbocycles. The average Bonchev–Trinajstić information content (AvgIpc) is 2.55. The van der Waals surface area contributed by atoms with E-state index in [1.54, 1.807) is 24.3 Å². The van der Waals surface area contributed by atoms with Gasteiger partial charge >= 0.3 is 0 Å². The number of aromatic amines is 1. The first-order valence-corrected chi connectivity index (χ1v) is 7.05. The summed E-state index contributed by atoms with van der Waals surface area (Å²) in [6.45, 7) is 0. The van der Waals surface area contributed by atoms with Crippen molar-refractivity contribution in [2.75, 3.05) is 5.32 Å². The van der Waals surface area contributed by atoms with Gasteiger partial charge in [-0.1, -0.05) is 18.2 Å². The summed E-state index contributed by atoms with van der Waals surface area (Å²) in [4.78, 5) is 41.1. The van der Waals surface area contributed by atoms with Crippen LogP contribution in [0, 0.1) is 10.1 Å². The fourth-order valence-corrected chi connectivity index (χ4v) is 2.24. The molecule has 0 radical (unpaired) electrons. The maximum Gasteiger partial charge on any atom is 0.271 e. The number of hydrogen-bond donors (Lipinski definition) is 2. The van der Waals surface area contributed by atoms with E-state index in [1.165, 1.54) is 24.3 Å². The first-order chi connectivity index (χ1) is 11.5. The zero-order valence-electron chi connectivity index (χ0n) is 12.4. The summed E-state index contributed by atoms with van der Waals surface area (Å²) < 4.78 is 0. The molecule has 0 aliphatic heterocycles. The third-order valence-corrected chi connectivity index (χ3v) is 3.34. The van der Waals surface area contributed by atoms with E-state index in [2.05, 4.69) is 15.3 Å². The van der Waals surface area contributed by atoms with E-state index >= 15 is 0 Å². The fraction of sp³-hybridized carbons (Fsp3) is 0.0625. The van der Waals surface area contributed by atoms with Gasteiger partial charge in [0, 0.05) is 17.8 Å². The number of amides is 1. The second-order valence-corrected chi connectivity index (χ2v) is 5.06. The third-order valence-electron chi connectivity index (χ3n) is 3.34. The Balaban J connectivity index is 1.80. The lowest BCUT2D eigenvalue weighted by Gasteiger charge is -2.05. The minimum absolute atomic E-state index is 0.0802. The highest BCUT2D eigenvalue weighted by atomic mass is 16.6. The number of nitrogens with one attached hydrogen (secondary N) is 2. The van der Waals surface area contributed by atoms with Crippen molar-refractivity contribution in [3.63, 3.8) is 0 Å². The minimum Gasteiger partial charge on any atom is -0.325 e. The minimum atomic E-state index is -0.550. The Morgan fingerprint density at radius 3 is 2.79 bits per heavy atom. The number of carbonyl (C=O) groups is 1. The van der Waals surface area contributed by atoms with Crippen LogP contribution >= 0.6 is 0 Å². The van der Waals surface area contributed by atoms with Gasteiger partial charge in [0.05, 0.1) is 22.4 Å². The molecule has 0 aliphatic carbocycles. The molecule has 24 heavy (non-hydrogen) atoms. The van der Waals surface area contributed by atoms with Crippen LogP contribution in [0.5, 0.6) is 0 Å². The van der Waals surface area contributed by atoms with Crippen LogP contribution in [0.2, 0.25) is 0 Å². The zero-order chi connectivity index (χ0) is 17.1. The summed E-state index contributed by atoms with van der Waals surface area (Å²) in [5.41, 5.74) is 0.959. The van der Waals surface area contributed by atoms with Gasteiger partial charge in [-0.25, -0.2) is 4.98 Å². The smallest absolute Gasteiger partial charge is 0.271 e. The quantitative estimate of drug-likeness (QED) is 0.562. The molecule has 1 heterocycles. The number of benzene rings is 2. The number of nitrogens with zero attached hydrogens (tertiary/aromatic N) is 2. The molecule has 0 unspecified atom stereocenters. The van der Waals surface area contributed by atoms with E-state index in [0.29, 0.717) is 11.0 Å². The zero-order valence-corrected chi connectivity index (χ0v) is 12.4. The number of carbonyl (C=O) groups excluding carboxylic acids is 1. The lowest BCUT2D eigenvalue weighted by Crippen LogP contribution is -2.22. The Kier molecular flexibility index (Phi) is 4.02. The summed E-state index contributed by atoms with van der Waals surface area (Å²) in [5, 5.41) is 13.3. The topological polar surface area (TPSA) is 118 Å². The predicted octanol–water partition coefficient (Wildman–Crippen LogP) is 2.01. The van der Waals surface area contributed by atoms with Gasteiger partial charge < -0.3 is 10.3 Å². The van der Waals surface area contributed by atoms with Crippen molar-refractivity contribution in [1.82, 2.24) is 9.97 Å². The van der Waals surface area contributed by atoms with Crippen LogP contribution in [0.1, 0.15) is 5.69 Å². The number of fused-ring (bicyclic) bond motifs is 1. The molecule has 0 atom stereocenters. The van der Waals surface area contributed by atoms with Crippen LogP contribution in [-0.4, -0.2) is 20.8 Å². The van der Waals surface area contributed by atoms with E-state index in [1.807, 2.05) is 0 Å². The first kappa shape index (κ1) is 15.3. The monoisotopic (exact) mass is 324 g/mol. The van der Waals surface area contributed by atoms with E-state index in [4.69, 9.17) is 0 Å². The Labute approximate surface area is 135 Å². The molecule has 8 heteroatoms. The van der Waals surface area contributed by atoms with Crippen LogP contribution in [0.3, 0.4) is 0 Å². The van der Waals surface area contributed by atoms with Crippen molar-refractivity contribution in [3.8, 4) is 0 Å². The van der Waals surface area contributed by atoms with Gasteiger partial charge in [-0.05, 0) is 18.2 Å². The number of rotatable bonds is 4. The van der Waals surface area contributed by atoms with E-state index < -0.39 is 16.4 Å². The number of nitro benzene ring substituents is 1. The van der Waals surface area contributed by atoms with Gasteiger partial charge in [0.1, 0.15) is 5.69 Å². The highest BCUT2D eigenvalue weighted by Gasteiger charge is 2.12.